The van der Waals surface area contributed by atoms with Gasteiger partial charge >= 0.3 is 0 Å². The van der Waals surface area contributed by atoms with Gasteiger partial charge in [-0.25, -0.2) is 0 Å². The fraction of sp³-hybridized carbons (Fsp3) is 0.438. The summed E-state index contributed by atoms with van der Waals surface area (Å²) in [5.41, 5.74) is 10.6. The zero-order chi connectivity index (χ0) is 23.4. The molecule has 0 aromatic heterocycles. The molecule has 1 aliphatic carbocycles. The molecule has 1 heteroatoms. The Kier molecular flexibility index (Phi) is 5.33. The molecule has 0 radical (unpaired) electrons. The first-order valence-corrected chi connectivity index (χ1v) is 12.6. The van der Waals surface area contributed by atoms with Gasteiger partial charge in [0, 0.05) is 5.41 Å². The fourth-order valence-corrected chi connectivity index (χ4v) is 6.38. The van der Waals surface area contributed by atoms with Crippen LogP contribution in [0, 0.1) is 5.41 Å². The standard InChI is InChI=1S/C32H39N/c1-30(2,3)32(16-18-33(6)19-17-32)28-13-10-23(11-14-28)24-8-7-9-25(20-24)26-12-15-29-27(21-26)22-31(29,4)5/h7-15,20-21H,16-19,22H2,1-6H3. The molecule has 0 spiro atoms. The second-order valence-electron chi connectivity index (χ2n) is 12.2. The minimum Gasteiger partial charge on any atom is -0.306 e. The highest BCUT2D eigenvalue weighted by Crippen LogP contribution is 2.49. The summed E-state index contributed by atoms with van der Waals surface area (Å²) in [5.74, 6) is 0. The Labute approximate surface area is 200 Å². The van der Waals surface area contributed by atoms with Crippen LogP contribution in [-0.4, -0.2) is 25.0 Å². The van der Waals surface area contributed by atoms with Crippen LogP contribution in [0.25, 0.3) is 22.3 Å². The van der Waals surface area contributed by atoms with Gasteiger partial charge in [-0.05, 0) is 95.2 Å². The van der Waals surface area contributed by atoms with Crippen molar-refractivity contribution < 1.29 is 0 Å². The molecule has 0 bridgehead atoms. The van der Waals surface area contributed by atoms with Crippen molar-refractivity contribution in [1.29, 1.82) is 0 Å². The van der Waals surface area contributed by atoms with Crippen LogP contribution >= 0.6 is 0 Å². The van der Waals surface area contributed by atoms with Gasteiger partial charge < -0.3 is 4.90 Å². The van der Waals surface area contributed by atoms with Gasteiger partial charge in [0.05, 0.1) is 0 Å². The first kappa shape index (κ1) is 22.4. The molecular weight excluding hydrogens is 398 g/mol. The van der Waals surface area contributed by atoms with E-state index in [1.165, 1.54) is 71.3 Å². The number of benzene rings is 3. The van der Waals surface area contributed by atoms with E-state index in [1.807, 2.05) is 0 Å². The molecule has 1 saturated heterocycles. The van der Waals surface area contributed by atoms with E-state index < -0.39 is 0 Å². The molecule has 1 fully saturated rings. The van der Waals surface area contributed by atoms with E-state index in [0.717, 1.165) is 0 Å². The molecule has 1 nitrogen and oxygen atoms in total. The van der Waals surface area contributed by atoms with E-state index in [2.05, 4.69) is 113 Å². The third kappa shape index (κ3) is 3.85. The van der Waals surface area contributed by atoms with Crippen LogP contribution in [-0.2, 0) is 17.3 Å². The number of fused-ring (bicyclic) bond motifs is 1. The second-order valence-corrected chi connectivity index (χ2v) is 12.2. The highest BCUT2D eigenvalue weighted by atomic mass is 15.1. The number of likely N-dealkylation sites (tertiary alicyclic amines) is 1. The maximum Gasteiger partial charge on any atom is 0.00258 e. The van der Waals surface area contributed by atoms with Crippen LogP contribution in [0.15, 0.2) is 66.7 Å². The minimum absolute atomic E-state index is 0.249. The third-order valence-corrected chi connectivity index (χ3v) is 8.71. The molecule has 3 aromatic carbocycles. The average molecular weight is 438 g/mol. The third-order valence-electron chi connectivity index (χ3n) is 8.71. The normalized spacial score (nSPS) is 19.6. The van der Waals surface area contributed by atoms with Crippen molar-refractivity contribution in [3.05, 3.63) is 83.4 Å². The average Bonchev–Trinajstić information content (AvgIpc) is 2.78. The number of hydrogen-bond acceptors (Lipinski definition) is 1. The second kappa shape index (κ2) is 7.84. The highest BCUT2D eigenvalue weighted by Gasteiger charge is 2.44. The monoisotopic (exact) mass is 437 g/mol. The first-order valence-electron chi connectivity index (χ1n) is 12.6. The summed E-state index contributed by atoms with van der Waals surface area (Å²) in [4.78, 5) is 2.47. The number of rotatable bonds is 3. The number of piperidine rings is 1. The summed E-state index contributed by atoms with van der Waals surface area (Å²) in [5, 5.41) is 0. The van der Waals surface area contributed by atoms with Crippen LogP contribution in [0.1, 0.15) is 64.2 Å². The van der Waals surface area contributed by atoms with Gasteiger partial charge in [-0.3, -0.25) is 0 Å². The van der Waals surface area contributed by atoms with Gasteiger partial charge in [0.1, 0.15) is 0 Å². The molecule has 0 saturated carbocycles. The van der Waals surface area contributed by atoms with Crippen LogP contribution in [0.3, 0.4) is 0 Å². The van der Waals surface area contributed by atoms with Crippen molar-refractivity contribution in [2.24, 2.45) is 5.41 Å². The van der Waals surface area contributed by atoms with Gasteiger partial charge in [0.15, 0.2) is 0 Å². The Balaban J connectivity index is 1.44. The van der Waals surface area contributed by atoms with Gasteiger partial charge in [-0.2, -0.15) is 0 Å². The molecule has 2 aliphatic rings. The Morgan fingerprint density at radius 1 is 0.727 bits per heavy atom. The minimum atomic E-state index is 0.249. The van der Waals surface area contributed by atoms with E-state index in [9.17, 15) is 0 Å². The smallest absolute Gasteiger partial charge is 0.00258 e. The Hall–Kier alpha value is -2.38. The van der Waals surface area contributed by atoms with Crippen LogP contribution in [0.2, 0.25) is 0 Å². The van der Waals surface area contributed by atoms with Crippen LogP contribution in [0.4, 0.5) is 0 Å². The summed E-state index contributed by atoms with van der Waals surface area (Å²) in [6, 6.07) is 25.6. The Bertz CT molecular complexity index is 1150. The van der Waals surface area contributed by atoms with Crippen molar-refractivity contribution >= 4 is 0 Å². The van der Waals surface area contributed by atoms with E-state index in [4.69, 9.17) is 0 Å². The molecule has 5 rings (SSSR count). The van der Waals surface area contributed by atoms with Crippen molar-refractivity contribution in [1.82, 2.24) is 4.90 Å². The van der Waals surface area contributed by atoms with Crippen LogP contribution < -0.4 is 0 Å². The molecule has 0 atom stereocenters. The molecular formula is C32H39N. The van der Waals surface area contributed by atoms with E-state index in [-0.39, 0.29) is 10.8 Å². The summed E-state index contributed by atoms with van der Waals surface area (Å²) in [6.07, 6.45) is 3.65. The quantitative estimate of drug-likeness (QED) is 0.403. The lowest BCUT2D eigenvalue weighted by molar-refractivity contribution is 0.0865. The van der Waals surface area contributed by atoms with Crippen molar-refractivity contribution in [2.45, 2.75) is 64.7 Å². The van der Waals surface area contributed by atoms with Gasteiger partial charge in [-0.15, -0.1) is 0 Å². The molecule has 0 N–H and O–H groups in total. The predicted molar refractivity (Wildman–Crippen MR) is 142 cm³/mol. The zero-order valence-electron chi connectivity index (χ0n) is 21.3. The lowest BCUT2D eigenvalue weighted by Crippen LogP contribution is -2.48. The molecule has 1 aliphatic heterocycles. The fourth-order valence-electron chi connectivity index (χ4n) is 6.38. The maximum absolute atomic E-state index is 2.47. The molecule has 0 amide bonds. The van der Waals surface area contributed by atoms with E-state index in [1.54, 1.807) is 0 Å². The molecule has 33 heavy (non-hydrogen) atoms. The summed E-state index contributed by atoms with van der Waals surface area (Å²) in [6.45, 7) is 14.3. The topological polar surface area (TPSA) is 3.24 Å². The Morgan fingerprint density at radius 3 is 1.88 bits per heavy atom. The van der Waals surface area contributed by atoms with Gasteiger partial charge in [0.2, 0.25) is 0 Å². The summed E-state index contributed by atoms with van der Waals surface area (Å²) in [7, 11) is 2.25. The van der Waals surface area contributed by atoms with E-state index >= 15 is 0 Å². The van der Waals surface area contributed by atoms with Crippen molar-refractivity contribution in [3.8, 4) is 22.3 Å². The number of nitrogens with zero attached hydrogens (tertiary/aromatic N) is 1. The molecule has 0 unspecified atom stereocenters. The number of hydrogen-bond donors (Lipinski definition) is 0. The van der Waals surface area contributed by atoms with Gasteiger partial charge in [-0.1, -0.05) is 95.3 Å². The SMILES string of the molecule is CN1CCC(c2ccc(-c3cccc(-c4ccc5c(c4)CC5(C)C)c3)cc2)(C(C)(C)C)CC1. The Morgan fingerprint density at radius 2 is 1.30 bits per heavy atom. The maximum atomic E-state index is 2.47. The molecule has 1 heterocycles. The first-order chi connectivity index (χ1) is 15.6. The van der Waals surface area contributed by atoms with Crippen LogP contribution in [0.5, 0.6) is 0 Å². The zero-order valence-corrected chi connectivity index (χ0v) is 21.3. The molecule has 172 valence electrons. The lowest BCUT2D eigenvalue weighted by atomic mass is 9.58. The van der Waals surface area contributed by atoms with Crippen molar-refractivity contribution in [3.63, 3.8) is 0 Å². The molecule has 3 aromatic rings. The summed E-state index contributed by atoms with van der Waals surface area (Å²) >= 11 is 0. The van der Waals surface area contributed by atoms with E-state index in [0.29, 0.717) is 5.41 Å². The largest absolute Gasteiger partial charge is 0.306 e. The predicted octanol–water partition coefficient (Wildman–Crippen LogP) is 7.86. The lowest BCUT2D eigenvalue weighted by Gasteiger charge is -2.50. The summed E-state index contributed by atoms with van der Waals surface area (Å²) < 4.78 is 0. The highest BCUT2D eigenvalue weighted by molar-refractivity contribution is 5.74. The van der Waals surface area contributed by atoms with Gasteiger partial charge in [0.25, 0.3) is 0 Å². The van der Waals surface area contributed by atoms with Crippen molar-refractivity contribution in [2.75, 3.05) is 20.1 Å².